The number of quaternary nitrogens is 1. The van der Waals surface area contributed by atoms with Crippen LogP contribution in [0.5, 0.6) is 11.5 Å². The van der Waals surface area contributed by atoms with Crippen molar-refractivity contribution in [3.05, 3.63) is 34.7 Å². The number of fused-ring (bicyclic) bond motifs is 1. The highest BCUT2D eigenvalue weighted by Gasteiger charge is 2.33. The van der Waals surface area contributed by atoms with Gasteiger partial charge in [0.25, 0.3) is 0 Å². The van der Waals surface area contributed by atoms with E-state index >= 15 is 0 Å². The van der Waals surface area contributed by atoms with E-state index in [2.05, 4.69) is 6.92 Å². The van der Waals surface area contributed by atoms with Crippen molar-refractivity contribution in [1.82, 2.24) is 0 Å². The SMILES string of the molecule is CCCCCCCCCCOc1cc2c(cc1OCC)[NH+]([O-])C=C(C(=O)OCC)C2=O. The first-order chi connectivity index (χ1) is 15.0. The second-order valence-electron chi connectivity index (χ2n) is 7.57. The van der Waals surface area contributed by atoms with Crippen LogP contribution in [0, 0.1) is 5.21 Å². The van der Waals surface area contributed by atoms with Crippen LogP contribution < -0.4 is 14.5 Å². The van der Waals surface area contributed by atoms with E-state index in [1.54, 1.807) is 6.92 Å². The number of hydrogen-bond acceptors (Lipinski definition) is 6. The maximum absolute atomic E-state index is 12.8. The molecule has 1 heterocycles. The second-order valence-corrected chi connectivity index (χ2v) is 7.57. The van der Waals surface area contributed by atoms with Crippen LogP contribution in [-0.2, 0) is 9.53 Å². The number of unbranched alkanes of at least 4 members (excludes halogenated alkanes) is 7. The summed E-state index contributed by atoms with van der Waals surface area (Å²) in [4.78, 5) is 24.9. The maximum atomic E-state index is 12.8. The normalized spacial score (nSPS) is 15.3. The lowest BCUT2D eigenvalue weighted by atomic mass is 9.98. The number of ether oxygens (including phenoxy) is 3. The molecule has 7 nitrogen and oxygen atoms in total. The lowest BCUT2D eigenvalue weighted by Crippen LogP contribution is -2.98. The van der Waals surface area contributed by atoms with Gasteiger partial charge in [-0.15, -0.1) is 0 Å². The number of esters is 1. The fourth-order valence-corrected chi connectivity index (χ4v) is 3.53. The van der Waals surface area contributed by atoms with Gasteiger partial charge in [0.2, 0.25) is 5.78 Å². The molecule has 1 aliphatic heterocycles. The van der Waals surface area contributed by atoms with Crippen molar-refractivity contribution in [2.24, 2.45) is 0 Å². The van der Waals surface area contributed by atoms with Gasteiger partial charge < -0.3 is 24.5 Å². The van der Waals surface area contributed by atoms with Gasteiger partial charge in [0.1, 0.15) is 6.20 Å². The fourth-order valence-electron chi connectivity index (χ4n) is 3.53. The van der Waals surface area contributed by atoms with E-state index in [0.717, 1.165) is 19.0 Å². The van der Waals surface area contributed by atoms with E-state index in [9.17, 15) is 14.8 Å². The van der Waals surface area contributed by atoms with Gasteiger partial charge in [0.15, 0.2) is 22.8 Å². The van der Waals surface area contributed by atoms with Crippen molar-refractivity contribution in [1.29, 1.82) is 0 Å². The molecule has 1 aromatic carbocycles. The number of hydroxylamine groups is 1. The molecular formula is C24H35NO6. The number of carbonyl (C=O) groups excluding carboxylic acids is 2. The molecule has 0 spiro atoms. The molecule has 0 bridgehead atoms. The van der Waals surface area contributed by atoms with Crippen molar-refractivity contribution in [2.45, 2.75) is 72.1 Å². The van der Waals surface area contributed by atoms with E-state index < -0.39 is 16.8 Å². The quantitative estimate of drug-likeness (QED) is 0.204. The Morgan fingerprint density at radius 2 is 1.55 bits per heavy atom. The number of Topliss-reactive ketones (excluding diaryl/α,β-unsaturated/α-hetero) is 1. The number of ketones is 1. The van der Waals surface area contributed by atoms with E-state index in [1.165, 1.54) is 50.7 Å². The first kappa shape index (κ1) is 24.9. The van der Waals surface area contributed by atoms with Gasteiger partial charge in [-0.3, -0.25) is 4.79 Å². The Labute approximate surface area is 184 Å². The molecule has 0 amide bonds. The van der Waals surface area contributed by atoms with E-state index in [1.807, 2.05) is 6.92 Å². The molecule has 0 aliphatic carbocycles. The molecule has 172 valence electrons. The van der Waals surface area contributed by atoms with E-state index in [0.29, 0.717) is 24.7 Å². The van der Waals surface area contributed by atoms with E-state index in [-0.39, 0.29) is 23.4 Å². The highest BCUT2D eigenvalue weighted by atomic mass is 16.5. The highest BCUT2D eigenvalue weighted by Crippen LogP contribution is 2.35. The summed E-state index contributed by atoms with van der Waals surface area (Å²) in [5.74, 6) is -0.487. The number of benzene rings is 1. The Kier molecular flexibility index (Phi) is 10.5. The minimum absolute atomic E-state index is 0.126. The Morgan fingerprint density at radius 3 is 2.19 bits per heavy atom. The molecule has 1 unspecified atom stereocenters. The van der Waals surface area contributed by atoms with Gasteiger partial charge in [-0.25, -0.2) is 4.79 Å². The smallest absolute Gasteiger partial charge is 0.347 e. The molecule has 7 heteroatoms. The zero-order chi connectivity index (χ0) is 22.6. The number of rotatable bonds is 14. The van der Waals surface area contributed by atoms with Gasteiger partial charge in [0, 0.05) is 12.1 Å². The average molecular weight is 434 g/mol. The largest absolute Gasteiger partial charge is 0.624 e. The molecule has 0 radical (unpaired) electrons. The lowest BCUT2D eigenvalue weighted by Gasteiger charge is -2.26. The Hall–Kier alpha value is -2.38. The van der Waals surface area contributed by atoms with Gasteiger partial charge in [-0.1, -0.05) is 51.9 Å². The summed E-state index contributed by atoms with van der Waals surface area (Å²) in [6.07, 6.45) is 10.6. The fraction of sp³-hybridized carbons (Fsp3) is 0.583. The Bertz CT molecular complexity index is 774. The zero-order valence-electron chi connectivity index (χ0n) is 19.0. The van der Waals surface area contributed by atoms with Gasteiger partial charge in [-0.05, 0) is 20.3 Å². The minimum Gasteiger partial charge on any atom is -0.624 e. The average Bonchev–Trinajstić information content (AvgIpc) is 2.75. The third kappa shape index (κ3) is 7.08. The third-order valence-corrected chi connectivity index (χ3v) is 5.16. The number of nitrogens with one attached hydrogen (secondary N) is 1. The molecule has 0 saturated heterocycles. The van der Waals surface area contributed by atoms with Crippen molar-refractivity contribution >= 4 is 17.4 Å². The summed E-state index contributed by atoms with van der Waals surface area (Å²) in [5, 5.41) is 12.1. The first-order valence-corrected chi connectivity index (χ1v) is 11.4. The van der Waals surface area contributed by atoms with Crippen LogP contribution in [0.25, 0.3) is 0 Å². The molecule has 1 aliphatic rings. The first-order valence-electron chi connectivity index (χ1n) is 11.4. The second kappa shape index (κ2) is 13.1. The van der Waals surface area contributed by atoms with Crippen LogP contribution in [0.3, 0.4) is 0 Å². The topological polar surface area (TPSA) is 89.3 Å². The molecule has 0 aromatic heterocycles. The molecule has 0 saturated carbocycles. The van der Waals surface area contributed by atoms with Crippen LogP contribution >= 0.6 is 0 Å². The van der Waals surface area contributed by atoms with Crippen LogP contribution in [0.1, 0.15) is 82.5 Å². The van der Waals surface area contributed by atoms with Crippen LogP contribution in [-0.4, -0.2) is 31.6 Å². The van der Waals surface area contributed by atoms with Crippen molar-refractivity contribution in [2.75, 3.05) is 19.8 Å². The predicted molar refractivity (Wildman–Crippen MR) is 119 cm³/mol. The monoisotopic (exact) mass is 433 g/mol. The molecule has 2 rings (SSSR count). The summed E-state index contributed by atoms with van der Waals surface area (Å²) in [5.41, 5.74) is 0.100. The number of carbonyl (C=O) groups is 2. The van der Waals surface area contributed by atoms with Gasteiger partial charge >= 0.3 is 5.97 Å². The molecular weight excluding hydrogens is 398 g/mol. The molecule has 1 aromatic rings. The lowest BCUT2D eigenvalue weighted by molar-refractivity contribution is -0.715. The van der Waals surface area contributed by atoms with Crippen LogP contribution in [0.4, 0.5) is 5.69 Å². The Balaban J connectivity index is 2.03. The summed E-state index contributed by atoms with van der Waals surface area (Å²) >= 11 is 0. The predicted octanol–water partition coefficient (Wildman–Crippen LogP) is 4.26. The summed E-state index contributed by atoms with van der Waals surface area (Å²) in [6.45, 7) is 6.72. The van der Waals surface area contributed by atoms with Crippen LogP contribution in [0.2, 0.25) is 0 Å². The highest BCUT2D eigenvalue weighted by molar-refractivity contribution is 6.26. The van der Waals surface area contributed by atoms with Crippen molar-refractivity contribution in [3.8, 4) is 11.5 Å². The van der Waals surface area contributed by atoms with Gasteiger partial charge in [0.05, 0.1) is 25.4 Å². The summed E-state index contributed by atoms with van der Waals surface area (Å²) in [6, 6.07) is 3.04. The van der Waals surface area contributed by atoms with Crippen LogP contribution in [0.15, 0.2) is 23.9 Å². The third-order valence-electron chi connectivity index (χ3n) is 5.16. The summed E-state index contributed by atoms with van der Waals surface area (Å²) < 4.78 is 16.4. The van der Waals surface area contributed by atoms with E-state index in [4.69, 9.17) is 14.2 Å². The molecule has 1 atom stereocenters. The minimum atomic E-state index is -0.790. The maximum Gasteiger partial charge on any atom is 0.347 e. The zero-order valence-corrected chi connectivity index (χ0v) is 19.0. The molecule has 0 fully saturated rings. The van der Waals surface area contributed by atoms with Crippen molar-refractivity contribution in [3.63, 3.8) is 0 Å². The Morgan fingerprint density at radius 1 is 0.903 bits per heavy atom. The number of hydrogen-bond donors (Lipinski definition) is 1. The van der Waals surface area contributed by atoms with Crippen molar-refractivity contribution < 1.29 is 28.9 Å². The summed E-state index contributed by atoms with van der Waals surface area (Å²) in [7, 11) is 0. The standard InChI is InChI=1S/C24H35NO6/c1-4-7-8-9-10-11-12-13-14-31-21-15-18-20(16-22(21)29-5-2)25(28)17-19(23(18)26)24(27)30-6-3/h15-17,25H,4-14H2,1-3H3. The van der Waals surface area contributed by atoms with Gasteiger partial charge in [-0.2, -0.15) is 0 Å². The molecule has 31 heavy (non-hydrogen) atoms. The molecule has 1 N–H and O–H groups in total.